The molecule has 2 aliphatic rings. The number of ether oxygens (including phenoxy) is 3. The Morgan fingerprint density at radius 3 is 1.85 bits per heavy atom. The molecule has 2 aliphatic heterocycles. The molecule has 0 radical (unpaired) electrons. The summed E-state index contributed by atoms with van der Waals surface area (Å²) in [4.78, 5) is 53.7. The lowest BCUT2D eigenvalue weighted by molar-refractivity contribution is -0.151. The first-order chi connectivity index (χ1) is 25.8. The van der Waals surface area contributed by atoms with E-state index in [-0.39, 0.29) is 36.5 Å². The molecule has 2 unspecified atom stereocenters. The van der Waals surface area contributed by atoms with Crippen LogP contribution in [-0.4, -0.2) is 96.4 Å². The lowest BCUT2D eigenvalue weighted by Gasteiger charge is -2.22. The molecule has 2 saturated heterocycles. The minimum atomic E-state index is -0.794. The number of carboxylic acid groups (broad SMARTS) is 1. The highest BCUT2D eigenvalue weighted by Gasteiger charge is 2.39. The second-order valence-electron chi connectivity index (χ2n) is 15.8. The van der Waals surface area contributed by atoms with Gasteiger partial charge in [0.2, 0.25) is 0 Å². The Morgan fingerprint density at radius 2 is 1.21 bits per heavy atom. The van der Waals surface area contributed by atoms with Crippen LogP contribution in [0.15, 0.2) is 0 Å². The quantitative estimate of drug-likeness (QED) is 0.0387. The Bertz CT molecular complexity index is 956. The van der Waals surface area contributed by atoms with Gasteiger partial charge in [-0.2, -0.15) is 0 Å². The van der Waals surface area contributed by atoms with Crippen LogP contribution in [-0.2, 0) is 33.4 Å². The third kappa shape index (κ3) is 24.0. The molecule has 2 fully saturated rings. The van der Waals surface area contributed by atoms with E-state index >= 15 is 0 Å². The summed E-state index contributed by atoms with van der Waals surface area (Å²) < 4.78 is 17.5. The largest absolute Gasteiger partial charge is 0.481 e. The number of unbranched alkanes of at least 4 members (excludes halogenated alkanes) is 16. The van der Waals surface area contributed by atoms with E-state index in [1.54, 1.807) is 0 Å². The molecule has 0 aromatic heterocycles. The van der Waals surface area contributed by atoms with Gasteiger partial charge in [0.05, 0.1) is 13.0 Å². The zero-order chi connectivity index (χ0) is 38.4. The van der Waals surface area contributed by atoms with Crippen LogP contribution in [0.5, 0.6) is 0 Å². The summed E-state index contributed by atoms with van der Waals surface area (Å²) in [7, 11) is 0. The van der Waals surface area contributed by atoms with Gasteiger partial charge in [-0.25, -0.2) is 0 Å². The molecule has 308 valence electrons. The highest BCUT2D eigenvalue weighted by atomic mass is 16.6. The molecule has 53 heavy (non-hydrogen) atoms. The summed E-state index contributed by atoms with van der Waals surface area (Å²) in [5, 5.41) is 8.94. The topological polar surface area (TPSA) is 123 Å². The van der Waals surface area contributed by atoms with E-state index in [4.69, 9.17) is 19.3 Å². The van der Waals surface area contributed by atoms with Crippen molar-refractivity contribution in [3.63, 3.8) is 0 Å². The molecule has 2 rings (SSSR count). The van der Waals surface area contributed by atoms with Crippen molar-refractivity contribution in [3.05, 3.63) is 0 Å². The number of likely N-dealkylation sites (tertiary alicyclic amines) is 2. The van der Waals surface area contributed by atoms with Gasteiger partial charge in [0.1, 0.15) is 18.2 Å². The number of hydrogen-bond acceptors (Lipinski definition) is 9. The van der Waals surface area contributed by atoms with Crippen LogP contribution in [0.4, 0.5) is 0 Å². The van der Waals surface area contributed by atoms with E-state index in [1.165, 1.54) is 77.0 Å². The van der Waals surface area contributed by atoms with Gasteiger partial charge in [0, 0.05) is 32.4 Å². The van der Waals surface area contributed by atoms with Gasteiger partial charge in [0.25, 0.3) is 0 Å². The SMILES string of the molecule is CCCCCCCCC(CCCCCCCC)OC(=O)CCCCCCCOC(=O)C1CC(OC(=O)CCN2CCCC2)CN1CCCCCC(=O)O. The number of rotatable bonds is 34. The predicted molar refractivity (Wildman–Crippen MR) is 211 cm³/mol. The molecule has 0 amide bonds. The van der Waals surface area contributed by atoms with Gasteiger partial charge in [-0.3, -0.25) is 24.1 Å². The van der Waals surface area contributed by atoms with E-state index in [2.05, 4.69) is 18.7 Å². The number of carbonyl (C=O) groups is 4. The van der Waals surface area contributed by atoms with Gasteiger partial charge in [-0.1, -0.05) is 104 Å². The summed E-state index contributed by atoms with van der Waals surface area (Å²) in [6.07, 6.45) is 27.1. The van der Waals surface area contributed by atoms with Crippen LogP contribution < -0.4 is 0 Å². The number of carbonyl (C=O) groups excluding carboxylic acids is 3. The standard InChI is InChI=1S/C43H78N2O8/c1-3-5-7-9-12-17-25-37(26-18-13-10-8-6-4-2)52-41(48)28-20-14-11-15-24-34-51-43(50)39-35-38(36-45(39)32-21-16-19-27-40(46)47)53-42(49)29-33-44-30-22-23-31-44/h37-39H,3-36H2,1-2H3,(H,46,47). The van der Waals surface area contributed by atoms with Crippen molar-refractivity contribution in [3.8, 4) is 0 Å². The monoisotopic (exact) mass is 751 g/mol. The van der Waals surface area contributed by atoms with Gasteiger partial charge in [-0.15, -0.1) is 0 Å². The van der Waals surface area contributed by atoms with Crippen LogP contribution in [0.1, 0.15) is 194 Å². The minimum absolute atomic E-state index is 0.0560. The summed E-state index contributed by atoms with van der Waals surface area (Å²) >= 11 is 0. The van der Waals surface area contributed by atoms with Gasteiger partial charge in [0.15, 0.2) is 0 Å². The lowest BCUT2D eigenvalue weighted by atomic mass is 10.0. The molecule has 10 heteroatoms. The van der Waals surface area contributed by atoms with Gasteiger partial charge in [-0.05, 0) is 83.8 Å². The van der Waals surface area contributed by atoms with E-state index in [0.717, 1.165) is 83.7 Å². The van der Waals surface area contributed by atoms with Crippen molar-refractivity contribution in [1.29, 1.82) is 0 Å². The normalized spacial score (nSPS) is 17.8. The fourth-order valence-electron chi connectivity index (χ4n) is 7.69. The molecule has 0 aliphatic carbocycles. The summed E-state index contributed by atoms with van der Waals surface area (Å²) in [5.74, 6) is -1.34. The summed E-state index contributed by atoms with van der Waals surface area (Å²) in [6.45, 7) is 8.76. The molecule has 2 atom stereocenters. The number of carboxylic acids is 1. The van der Waals surface area contributed by atoms with Crippen LogP contribution in [0.3, 0.4) is 0 Å². The molecule has 10 nitrogen and oxygen atoms in total. The average molecular weight is 751 g/mol. The number of aliphatic carboxylic acids is 1. The van der Waals surface area contributed by atoms with Crippen LogP contribution in [0.2, 0.25) is 0 Å². The van der Waals surface area contributed by atoms with Crippen molar-refractivity contribution < 1.29 is 38.5 Å². The second kappa shape index (κ2) is 31.1. The van der Waals surface area contributed by atoms with Gasteiger partial charge < -0.3 is 24.2 Å². The van der Waals surface area contributed by atoms with Crippen molar-refractivity contribution in [2.75, 3.05) is 39.3 Å². The molecular formula is C43H78N2O8. The smallest absolute Gasteiger partial charge is 0.323 e. The van der Waals surface area contributed by atoms with E-state index in [1.807, 2.05) is 4.90 Å². The maximum atomic E-state index is 13.2. The molecule has 0 saturated carbocycles. The zero-order valence-corrected chi connectivity index (χ0v) is 34.0. The molecule has 2 heterocycles. The fourth-order valence-corrected chi connectivity index (χ4v) is 7.69. The first-order valence-electron chi connectivity index (χ1n) is 22.1. The predicted octanol–water partition coefficient (Wildman–Crippen LogP) is 9.40. The van der Waals surface area contributed by atoms with Crippen molar-refractivity contribution in [1.82, 2.24) is 9.80 Å². The Kier molecular flexibility index (Phi) is 27.5. The molecule has 0 spiro atoms. The highest BCUT2D eigenvalue weighted by Crippen LogP contribution is 2.24. The van der Waals surface area contributed by atoms with E-state index in [9.17, 15) is 19.2 Å². The maximum Gasteiger partial charge on any atom is 0.323 e. The van der Waals surface area contributed by atoms with Crippen LogP contribution in [0.25, 0.3) is 0 Å². The number of nitrogens with zero attached hydrogens (tertiary/aromatic N) is 2. The van der Waals surface area contributed by atoms with Crippen molar-refractivity contribution in [2.45, 2.75) is 212 Å². The van der Waals surface area contributed by atoms with Crippen LogP contribution in [0, 0.1) is 0 Å². The third-order valence-electron chi connectivity index (χ3n) is 10.9. The average Bonchev–Trinajstić information content (AvgIpc) is 3.81. The molecule has 0 aromatic rings. The Labute approximate surface area is 322 Å². The van der Waals surface area contributed by atoms with E-state index < -0.39 is 12.0 Å². The second-order valence-corrected chi connectivity index (χ2v) is 15.8. The number of esters is 3. The fraction of sp³-hybridized carbons (Fsp3) is 0.907. The number of hydrogen-bond donors (Lipinski definition) is 1. The lowest BCUT2D eigenvalue weighted by Crippen LogP contribution is -2.38. The van der Waals surface area contributed by atoms with Crippen molar-refractivity contribution >= 4 is 23.9 Å². The molecular weight excluding hydrogens is 672 g/mol. The molecule has 0 aromatic carbocycles. The maximum absolute atomic E-state index is 13.2. The Hall–Kier alpha value is -2.20. The third-order valence-corrected chi connectivity index (χ3v) is 10.9. The highest BCUT2D eigenvalue weighted by molar-refractivity contribution is 5.76. The summed E-state index contributed by atoms with van der Waals surface area (Å²) in [6, 6.07) is -0.456. The Morgan fingerprint density at radius 1 is 0.642 bits per heavy atom. The Balaban J connectivity index is 1.65. The van der Waals surface area contributed by atoms with Crippen LogP contribution >= 0.6 is 0 Å². The van der Waals surface area contributed by atoms with Crippen molar-refractivity contribution in [2.24, 2.45) is 0 Å². The molecule has 0 bridgehead atoms. The first kappa shape index (κ1) is 47.0. The van der Waals surface area contributed by atoms with E-state index in [0.29, 0.717) is 51.9 Å². The first-order valence-corrected chi connectivity index (χ1v) is 22.1. The van der Waals surface area contributed by atoms with Gasteiger partial charge >= 0.3 is 23.9 Å². The zero-order valence-electron chi connectivity index (χ0n) is 34.0. The minimum Gasteiger partial charge on any atom is -0.481 e. The molecule has 1 N–H and O–H groups in total. The summed E-state index contributed by atoms with van der Waals surface area (Å²) in [5.41, 5.74) is 0.